The molecule has 3 aromatic rings. The van der Waals surface area contributed by atoms with Gasteiger partial charge in [-0.1, -0.05) is 0 Å². The minimum atomic E-state index is -0.765. The zero-order valence-electron chi connectivity index (χ0n) is 13.8. The van der Waals surface area contributed by atoms with Crippen molar-refractivity contribution in [2.45, 2.75) is 31.5 Å². The minimum absolute atomic E-state index is 0.365. The van der Waals surface area contributed by atoms with Gasteiger partial charge < -0.3 is 9.64 Å². The number of ether oxygens (including phenoxy) is 1. The molecule has 0 spiro atoms. The number of alkyl halides is 1. The number of pyridine rings is 1. The largest absolute Gasteiger partial charge is 0.490 e. The number of nitrogens with one attached hydrogen (secondary N) is 1. The molecule has 25 heavy (non-hydrogen) atoms. The number of rotatable bonds is 4. The number of halogens is 1. The van der Waals surface area contributed by atoms with E-state index in [-0.39, 0.29) is 0 Å². The Bertz CT molecular complexity index is 921. The second-order valence-electron chi connectivity index (χ2n) is 6.83. The number of anilines is 1. The number of aromatic nitrogens is 3. The Balaban J connectivity index is 1.51. The van der Waals surface area contributed by atoms with Crippen LogP contribution in [-0.2, 0) is 0 Å². The van der Waals surface area contributed by atoms with E-state index in [9.17, 15) is 4.39 Å². The molecule has 3 heterocycles. The highest BCUT2D eigenvalue weighted by atomic mass is 19.1. The summed E-state index contributed by atoms with van der Waals surface area (Å²) in [4.78, 5) is 6.40. The lowest BCUT2D eigenvalue weighted by atomic mass is 10.1. The van der Waals surface area contributed by atoms with Gasteiger partial charge in [0.25, 0.3) is 0 Å². The van der Waals surface area contributed by atoms with E-state index >= 15 is 0 Å². The summed E-state index contributed by atoms with van der Waals surface area (Å²) in [5.41, 5.74) is 2.82. The molecule has 1 atom stereocenters. The molecular formula is C19H19FN4O. The van der Waals surface area contributed by atoms with E-state index in [4.69, 9.17) is 4.74 Å². The third kappa shape index (κ3) is 2.81. The first kappa shape index (κ1) is 14.7. The first-order valence-corrected chi connectivity index (χ1v) is 8.76. The van der Waals surface area contributed by atoms with Gasteiger partial charge in [-0.15, -0.1) is 0 Å². The Morgan fingerprint density at radius 3 is 2.88 bits per heavy atom. The van der Waals surface area contributed by atoms with Gasteiger partial charge in [0.15, 0.2) is 0 Å². The third-order valence-electron chi connectivity index (χ3n) is 4.84. The zero-order chi connectivity index (χ0) is 16.8. The van der Waals surface area contributed by atoms with Gasteiger partial charge in [-0.3, -0.25) is 5.10 Å². The van der Waals surface area contributed by atoms with Gasteiger partial charge in [-0.2, -0.15) is 5.10 Å². The van der Waals surface area contributed by atoms with Crippen LogP contribution in [0.2, 0.25) is 0 Å². The van der Waals surface area contributed by atoms with Crippen molar-refractivity contribution >= 4 is 16.7 Å². The van der Waals surface area contributed by atoms with Crippen molar-refractivity contribution in [3.8, 4) is 17.0 Å². The quantitative estimate of drug-likeness (QED) is 0.788. The van der Waals surface area contributed by atoms with E-state index in [1.54, 1.807) is 6.20 Å². The highest BCUT2D eigenvalue weighted by molar-refractivity contribution is 5.94. The molecule has 1 unspecified atom stereocenters. The Morgan fingerprint density at radius 2 is 2.08 bits per heavy atom. The molecule has 128 valence electrons. The van der Waals surface area contributed by atoms with Crippen molar-refractivity contribution in [1.82, 2.24) is 15.2 Å². The van der Waals surface area contributed by atoms with E-state index in [1.807, 2.05) is 35.2 Å². The Kier molecular flexibility index (Phi) is 3.36. The van der Waals surface area contributed by atoms with Crippen molar-refractivity contribution < 1.29 is 9.13 Å². The maximum Gasteiger partial charge on any atom is 0.129 e. The van der Waals surface area contributed by atoms with E-state index < -0.39 is 6.17 Å². The number of hydrogen-bond acceptors (Lipinski definition) is 4. The number of benzene rings is 1. The highest BCUT2D eigenvalue weighted by Crippen LogP contribution is 2.33. The monoisotopic (exact) mass is 338 g/mol. The second-order valence-corrected chi connectivity index (χ2v) is 6.83. The van der Waals surface area contributed by atoms with Crippen molar-refractivity contribution in [2.24, 2.45) is 0 Å². The maximum absolute atomic E-state index is 13.5. The van der Waals surface area contributed by atoms with Gasteiger partial charge in [0.05, 0.1) is 18.2 Å². The lowest BCUT2D eigenvalue weighted by Gasteiger charge is -2.16. The van der Waals surface area contributed by atoms with Crippen molar-refractivity contribution in [3.05, 3.63) is 36.5 Å². The van der Waals surface area contributed by atoms with E-state index in [2.05, 4.69) is 15.2 Å². The predicted octanol–water partition coefficient (Wildman–Crippen LogP) is 3.71. The Morgan fingerprint density at radius 1 is 1.16 bits per heavy atom. The number of H-pyrrole nitrogens is 1. The Hall–Kier alpha value is -2.63. The van der Waals surface area contributed by atoms with Crippen LogP contribution in [0, 0.1) is 0 Å². The summed E-state index contributed by atoms with van der Waals surface area (Å²) in [7, 11) is 0. The van der Waals surface area contributed by atoms with Crippen LogP contribution in [0.25, 0.3) is 22.2 Å². The fourth-order valence-electron chi connectivity index (χ4n) is 3.33. The summed E-state index contributed by atoms with van der Waals surface area (Å²) in [5, 5.41) is 8.59. The van der Waals surface area contributed by atoms with Crippen LogP contribution in [-0.4, -0.2) is 40.5 Å². The van der Waals surface area contributed by atoms with Crippen LogP contribution in [0.1, 0.15) is 19.3 Å². The molecular weight excluding hydrogens is 319 g/mol. The molecule has 5 nitrogen and oxygen atoms in total. The molecule has 1 aliphatic heterocycles. The van der Waals surface area contributed by atoms with E-state index in [1.165, 1.54) is 0 Å². The molecule has 1 aromatic carbocycles. The molecule has 0 amide bonds. The maximum atomic E-state index is 13.5. The van der Waals surface area contributed by atoms with Gasteiger partial charge in [-0.05, 0) is 49.6 Å². The highest BCUT2D eigenvalue weighted by Gasteiger charge is 2.24. The fourth-order valence-corrected chi connectivity index (χ4v) is 3.33. The second kappa shape index (κ2) is 5.72. The molecule has 1 N–H and O–H groups in total. The van der Waals surface area contributed by atoms with Gasteiger partial charge in [0.2, 0.25) is 0 Å². The molecule has 0 bridgehead atoms. The van der Waals surface area contributed by atoms with Crippen LogP contribution in [0.15, 0.2) is 36.5 Å². The third-order valence-corrected chi connectivity index (χ3v) is 4.84. The average Bonchev–Trinajstić information content (AvgIpc) is 3.17. The standard InChI is InChI=1S/C19H19FN4O/c20-13-6-8-24(11-13)18-9-12(5-7-21-18)19-16-10-15(25-14-1-2-14)3-4-17(16)22-23-19/h3-5,7,9-10,13-14H,1-2,6,8,11H2,(H,22,23). The molecule has 6 heteroatoms. The number of hydrogen-bond donors (Lipinski definition) is 1. The van der Waals surface area contributed by atoms with Crippen molar-refractivity contribution in [1.29, 1.82) is 0 Å². The minimum Gasteiger partial charge on any atom is -0.490 e. The topological polar surface area (TPSA) is 54.0 Å². The first-order chi connectivity index (χ1) is 12.3. The van der Waals surface area contributed by atoms with Gasteiger partial charge in [-0.25, -0.2) is 9.37 Å². The summed E-state index contributed by atoms with van der Waals surface area (Å²) < 4.78 is 19.4. The van der Waals surface area contributed by atoms with Crippen LogP contribution in [0.3, 0.4) is 0 Å². The summed E-state index contributed by atoms with van der Waals surface area (Å²) in [5.74, 6) is 1.69. The molecule has 1 saturated heterocycles. The number of aromatic amines is 1. The molecule has 0 radical (unpaired) electrons. The molecule has 2 fully saturated rings. The molecule has 2 aliphatic rings. The van der Waals surface area contributed by atoms with Crippen LogP contribution in [0.5, 0.6) is 5.75 Å². The van der Waals surface area contributed by atoms with Gasteiger partial charge in [0.1, 0.15) is 23.4 Å². The molecule has 5 rings (SSSR count). The van der Waals surface area contributed by atoms with Gasteiger partial charge >= 0.3 is 0 Å². The van der Waals surface area contributed by atoms with E-state index in [0.717, 1.165) is 46.6 Å². The smallest absolute Gasteiger partial charge is 0.129 e. The summed E-state index contributed by atoms with van der Waals surface area (Å²) >= 11 is 0. The zero-order valence-corrected chi connectivity index (χ0v) is 13.8. The molecule has 1 saturated carbocycles. The predicted molar refractivity (Wildman–Crippen MR) is 94.7 cm³/mol. The Labute approximate surface area is 144 Å². The molecule has 1 aliphatic carbocycles. The average molecular weight is 338 g/mol. The van der Waals surface area contributed by atoms with Crippen LogP contribution < -0.4 is 9.64 Å². The molecule has 2 aromatic heterocycles. The van der Waals surface area contributed by atoms with E-state index in [0.29, 0.717) is 25.6 Å². The summed E-state index contributed by atoms with van der Waals surface area (Å²) in [6.07, 6.45) is 4.20. The van der Waals surface area contributed by atoms with Crippen molar-refractivity contribution in [3.63, 3.8) is 0 Å². The summed E-state index contributed by atoms with van der Waals surface area (Å²) in [6, 6.07) is 9.95. The fraction of sp³-hybridized carbons (Fsp3) is 0.368. The van der Waals surface area contributed by atoms with Gasteiger partial charge in [0, 0.05) is 23.7 Å². The lowest BCUT2D eigenvalue weighted by Crippen LogP contribution is -2.20. The first-order valence-electron chi connectivity index (χ1n) is 8.76. The normalized spacial score (nSPS) is 20.4. The SMILES string of the molecule is FC1CCN(c2cc(-c3n[nH]c4ccc(OC5CC5)cc34)ccn2)C1. The summed E-state index contributed by atoms with van der Waals surface area (Å²) in [6.45, 7) is 1.12. The van der Waals surface area contributed by atoms with Crippen LogP contribution in [0.4, 0.5) is 10.2 Å². The van der Waals surface area contributed by atoms with Crippen LogP contribution >= 0.6 is 0 Å². The lowest BCUT2D eigenvalue weighted by molar-refractivity contribution is 0.303. The van der Waals surface area contributed by atoms with Crippen molar-refractivity contribution in [2.75, 3.05) is 18.0 Å². The number of fused-ring (bicyclic) bond motifs is 1. The number of nitrogens with zero attached hydrogens (tertiary/aromatic N) is 3.